The van der Waals surface area contributed by atoms with Crippen LogP contribution in [0.15, 0.2) is 12.5 Å². The van der Waals surface area contributed by atoms with Gasteiger partial charge in [0.1, 0.15) is 0 Å². The van der Waals surface area contributed by atoms with Crippen molar-refractivity contribution in [2.45, 2.75) is 56.3 Å². The van der Waals surface area contributed by atoms with Crippen LogP contribution in [0, 0.1) is 0 Å². The number of likely N-dealkylation sites (tertiary alicyclic amines) is 1. The van der Waals surface area contributed by atoms with Crippen molar-refractivity contribution in [1.29, 1.82) is 0 Å². The lowest BCUT2D eigenvalue weighted by Gasteiger charge is -2.33. The van der Waals surface area contributed by atoms with Crippen LogP contribution in [0.2, 0.25) is 0 Å². The van der Waals surface area contributed by atoms with Crippen molar-refractivity contribution in [3.05, 3.63) is 18.2 Å². The Morgan fingerprint density at radius 2 is 1.95 bits per heavy atom. The van der Waals surface area contributed by atoms with E-state index in [1.807, 2.05) is 12.5 Å². The molecule has 3 unspecified atom stereocenters. The Bertz CT molecular complexity index is 495. The molecule has 1 aliphatic carbocycles. The number of rotatable bonds is 4. The van der Waals surface area contributed by atoms with Gasteiger partial charge in [-0.15, -0.1) is 0 Å². The zero-order valence-corrected chi connectivity index (χ0v) is 13.0. The molecule has 0 aromatic carbocycles. The Morgan fingerprint density at radius 1 is 1.19 bits per heavy atom. The Hall–Kier alpha value is -0.910. The molecule has 2 aliphatic heterocycles. The van der Waals surface area contributed by atoms with E-state index in [4.69, 9.17) is 5.73 Å². The number of nitrogens with two attached hydrogens (primary N) is 1. The molecule has 5 nitrogen and oxygen atoms in total. The molecule has 21 heavy (non-hydrogen) atoms. The Morgan fingerprint density at radius 3 is 2.71 bits per heavy atom. The van der Waals surface area contributed by atoms with Crippen molar-refractivity contribution in [1.82, 2.24) is 19.4 Å². The molecule has 5 heteroatoms. The largest absolute Gasteiger partial charge is 0.330 e. The molecule has 4 rings (SSSR count). The highest BCUT2D eigenvalue weighted by molar-refractivity contribution is 5.11. The van der Waals surface area contributed by atoms with Gasteiger partial charge in [0, 0.05) is 44.0 Å². The van der Waals surface area contributed by atoms with Gasteiger partial charge in [-0.25, -0.2) is 4.98 Å². The third kappa shape index (κ3) is 2.41. The molecule has 1 aromatic rings. The number of hydrogen-bond donors (Lipinski definition) is 1. The van der Waals surface area contributed by atoms with E-state index in [2.05, 4.69) is 26.4 Å². The summed E-state index contributed by atoms with van der Waals surface area (Å²) < 4.78 is 2.38. The van der Waals surface area contributed by atoms with Crippen LogP contribution in [-0.2, 0) is 0 Å². The fourth-order valence-corrected chi connectivity index (χ4v) is 4.31. The molecule has 3 atom stereocenters. The highest BCUT2D eigenvalue weighted by Gasteiger charge is 2.38. The average Bonchev–Trinajstić information content (AvgIpc) is 3.13. The number of nitrogens with zero attached hydrogens (tertiary/aromatic N) is 4. The minimum Gasteiger partial charge on any atom is -0.330 e. The molecule has 2 N–H and O–H groups in total. The quantitative estimate of drug-likeness (QED) is 0.910. The van der Waals surface area contributed by atoms with Gasteiger partial charge >= 0.3 is 0 Å². The summed E-state index contributed by atoms with van der Waals surface area (Å²) in [5.41, 5.74) is 7.51. The highest BCUT2D eigenvalue weighted by atomic mass is 15.3. The van der Waals surface area contributed by atoms with Crippen molar-refractivity contribution < 1.29 is 0 Å². The molecule has 1 saturated carbocycles. The highest BCUT2D eigenvalue weighted by Crippen LogP contribution is 2.38. The summed E-state index contributed by atoms with van der Waals surface area (Å²) in [6, 6.07) is 2.51. The van der Waals surface area contributed by atoms with Gasteiger partial charge in [-0.05, 0) is 39.2 Å². The van der Waals surface area contributed by atoms with Gasteiger partial charge in [-0.1, -0.05) is 0 Å². The molecule has 1 aromatic heterocycles. The van der Waals surface area contributed by atoms with Crippen LogP contribution < -0.4 is 5.73 Å². The predicted molar refractivity (Wildman–Crippen MR) is 83.1 cm³/mol. The maximum Gasteiger partial charge on any atom is 0.0951 e. The monoisotopic (exact) mass is 289 g/mol. The molecule has 2 saturated heterocycles. The number of hydrogen-bond acceptors (Lipinski definition) is 4. The van der Waals surface area contributed by atoms with Gasteiger partial charge in [-0.2, -0.15) is 0 Å². The molecular weight excluding hydrogens is 262 g/mol. The molecule has 0 spiro atoms. The minimum atomic E-state index is 0.334. The summed E-state index contributed by atoms with van der Waals surface area (Å²) in [5.74, 6) is 0. The molecule has 116 valence electrons. The SMILES string of the molecule is CN1C2CCC1CN(C(CN)c1cncn1C1CC1)CC2. The van der Waals surface area contributed by atoms with Crippen molar-refractivity contribution in [3.63, 3.8) is 0 Å². The van der Waals surface area contributed by atoms with Crippen LogP contribution in [0.4, 0.5) is 0 Å². The van der Waals surface area contributed by atoms with Gasteiger partial charge in [0.05, 0.1) is 18.1 Å². The van der Waals surface area contributed by atoms with E-state index in [9.17, 15) is 0 Å². The zero-order valence-electron chi connectivity index (χ0n) is 13.0. The zero-order chi connectivity index (χ0) is 14.4. The van der Waals surface area contributed by atoms with E-state index >= 15 is 0 Å². The normalized spacial score (nSPS) is 32.3. The van der Waals surface area contributed by atoms with Crippen LogP contribution >= 0.6 is 0 Å². The van der Waals surface area contributed by atoms with Gasteiger partial charge in [0.2, 0.25) is 0 Å². The van der Waals surface area contributed by atoms with E-state index in [0.717, 1.165) is 12.6 Å². The second-order valence-corrected chi connectivity index (χ2v) is 7.04. The van der Waals surface area contributed by atoms with Crippen LogP contribution in [0.25, 0.3) is 0 Å². The minimum absolute atomic E-state index is 0.334. The molecule has 0 radical (unpaired) electrons. The standard InChI is InChI=1S/C16H27N5/c1-19-12-2-5-14(19)10-20(7-6-12)15(8-17)16-9-18-11-21(16)13-3-4-13/h9,11-15H,2-8,10,17H2,1H3. The van der Waals surface area contributed by atoms with Crippen molar-refractivity contribution >= 4 is 0 Å². The van der Waals surface area contributed by atoms with Crippen molar-refractivity contribution in [3.8, 4) is 0 Å². The molecule has 3 heterocycles. The molecular formula is C16H27N5. The number of imidazole rings is 1. The first kappa shape index (κ1) is 13.7. The maximum absolute atomic E-state index is 6.17. The molecule has 3 aliphatic rings. The van der Waals surface area contributed by atoms with Crippen molar-refractivity contribution in [2.24, 2.45) is 5.73 Å². The number of likely N-dealkylation sites (N-methyl/N-ethyl adjacent to an activating group) is 1. The van der Waals surface area contributed by atoms with E-state index in [1.165, 1.54) is 44.3 Å². The van der Waals surface area contributed by atoms with Crippen molar-refractivity contribution in [2.75, 3.05) is 26.7 Å². The summed E-state index contributed by atoms with van der Waals surface area (Å²) >= 11 is 0. The first-order chi connectivity index (χ1) is 10.3. The molecule has 3 fully saturated rings. The Balaban J connectivity index is 1.56. The third-order valence-electron chi connectivity index (χ3n) is 5.82. The average molecular weight is 289 g/mol. The first-order valence-electron chi connectivity index (χ1n) is 8.45. The Labute approximate surface area is 127 Å². The second kappa shape index (κ2) is 5.38. The lowest BCUT2D eigenvalue weighted by atomic mass is 10.1. The molecule has 2 bridgehead atoms. The summed E-state index contributed by atoms with van der Waals surface area (Å²) in [7, 11) is 2.30. The van der Waals surface area contributed by atoms with Gasteiger partial charge < -0.3 is 10.3 Å². The van der Waals surface area contributed by atoms with E-state index < -0.39 is 0 Å². The molecule has 0 amide bonds. The third-order valence-corrected chi connectivity index (χ3v) is 5.82. The van der Waals surface area contributed by atoms with Gasteiger partial charge in [0.15, 0.2) is 0 Å². The van der Waals surface area contributed by atoms with Gasteiger partial charge in [-0.3, -0.25) is 9.80 Å². The summed E-state index contributed by atoms with van der Waals surface area (Å²) in [6.45, 7) is 3.02. The fraction of sp³-hybridized carbons (Fsp3) is 0.812. The van der Waals surface area contributed by atoms with Gasteiger partial charge in [0.25, 0.3) is 0 Å². The lowest BCUT2D eigenvalue weighted by molar-refractivity contribution is 0.169. The second-order valence-electron chi connectivity index (χ2n) is 7.04. The van der Waals surface area contributed by atoms with Crippen LogP contribution in [0.5, 0.6) is 0 Å². The summed E-state index contributed by atoms with van der Waals surface area (Å²) in [6.07, 6.45) is 10.6. The smallest absolute Gasteiger partial charge is 0.0951 e. The van der Waals surface area contributed by atoms with Crippen LogP contribution in [0.1, 0.15) is 49.9 Å². The number of fused-ring (bicyclic) bond motifs is 2. The van der Waals surface area contributed by atoms with E-state index in [-0.39, 0.29) is 0 Å². The predicted octanol–water partition coefficient (Wildman–Crippen LogP) is 1.39. The Kier molecular flexibility index (Phi) is 3.52. The summed E-state index contributed by atoms with van der Waals surface area (Å²) in [4.78, 5) is 9.63. The maximum atomic E-state index is 6.17. The van der Waals surface area contributed by atoms with E-state index in [1.54, 1.807) is 0 Å². The number of aromatic nitrogens is 2. The summed E-state index contributed by atoms with van der Waals surface area (Å²) in [5, 5.41) is 0. The van der Waals surface area contributed by atoms with E-state index in [0.29, 0.717) is 24.7 Å². The van der Waals surface area contributed by atoms with Crippen LogP contribution in [0.3, 0.4) is 0 Å². The van der Waals surface area contributed by atoms with Crippen LogP contribution in [-0.4, -0.2) is 58.1 Å². The topological polar surface area (TPSA) is 50.3 Å². The first-order valence-corrected chi connectivity index (χ1v) is 8.45. The fourth-order valence-electron chi connectivity index (χ4n) is 4.31. The lowest BCUT2D eigenvalue weighted by Crippen LogP contribution is -2.41.